The van der Waals surface area contributed by atoms with E-state index in [1.54, 1.807) is 12.4 Å². The van der Waals surface area contributed by atoms with Crippen molar-refractivity contribution in [3.8, 4) is 11.4 Å². The van der Waals surface area contributed by atoms with Crippen LogP contribution in [-0.4, -0.2) is 39.0 Å². The molecule has 3 aromatic heterocycles. The van der Waals surface area contributed by atoms with Gasteiger partial charge in [0, 0.05) is 31.0 Å². The minimum atomic E-state index is 0.0800. The Labute approximate surface area is 136 Å². The Balaban J connectivity index is 1.48. The molecule has 4 rings (SSSR count). The highest BCUT2D eigenvalue weighted by Crippen LogP contribution is 2.29. The Morgan fingerprint density at radius 1 is 1.30 bits per heavy atom. The molecule has 7 heteroatoms. The van der Waals surface area contributed by atoms with Crippen molar-refractivity contribution >= 4 is 17.2 Å². The maximum Gasteiger partial charge on any atom is 0.263 e. The first kappa shape index (κ1) is 14.1. The smallest absolute Gasteiger partial charge is 0.263 e. The largest absolute Gasteiger partial charge is 0.339 e. The summed E-state index contributed by atoms with van der Waals surface area (Å²) in [7, 11) is 0. The van der Waals surface area contributed by atoms with Gasteiger partial charge in [-0.1, -0.05) is 11.2 Å². The summed E-state index contributed by atoms with van der Waals surface area (Å²) in [6.07, 6.45) is 4.24. The molecule has 0 aromatic carbocycles. The third kappa shape index (κ3) is 2.75. The van der Waals surface area contributed by atoms with Crippen molar-refractivity contribution in [2.45, 2.75) is 12.3 Å². The van der Waals surface area contributed by atoms with Crippen molar-refractivity contribution in [1.82, 2.24) is 20.0 Å². The Morgan fingerprint density at radius 3 is 2.96 bits per heavy atom. The summed E-state index contributed by atoms with van der Waals surface area (Å²) in [4.78, 5) is 23.5. The van der Waals surface area contributed by atoms with E-state index < -0.39 is 0 Å². The van der Waals surface area contributed by atoms with Gasteiger partial charge in [0.15, 0.2) is 0 Å². The molecule has 116 valence electrons. The second kappa shape index (κ2) is 5.92. The SMILES string of the molecule is O=C(c1cccs1)N1CC[C@@H](c2nc(-c3ccncc3)no2)C1. The fraction of sp³-hybridized carbons (Fsp3) is 0.250. The molecule has 0 bridgehead atoms. The van der Waals surface area contributed by atoms with Gasteiger partial charge in [-0.15, -0.1) is 11.3 Å². The number of amides is 1. The van der Waals surface area contributed by atoms with Crippen LogP contribution >= 0.6 is 11.3 Å². The molecular formula is C16H14N4O2S. The van der Waals surface area contributed by atoms with E-state index in [2.05, 4.69) is 15.1 Å². The normalized spacial score (nSPS) is 17.6. The first-order valence-electron chi connectivity index (χ1n) is 7.38. The van der Waals surface area contributed by atoms with E-state index in [-0.39, 0.29) is 11.8 Å². The van der Waals surface area contributed by atoms with Crippen molar-refractivity contribution in [3.63, 3.8) is 0 Å². The quantitative estimate of drug-likeness (QED) is 0.740. The van der Waals surface area contributed by atoms with E-state index in [9.17, 15) is 4.79 Å². The highest BCUT2D eigenvalue weighted by molar-refractivity contribution is 7.12. The highest BCUT2D eigenvalue weighted by atomic mass is 32.1. The molecule has 4 heterocycles. The van der Waals surface area contributed by atoms with E-state index in [4.69, 9.17) is 4.52 Å². The minimum Gasteiger partial charge on any atom is -0.339 e. The van der Waals surface area contributed by atoms with Gasteiger partial charge in [-0.25, -0.2) is 0 Å². The molecule has 0 N–H and O–H groups in total. The lowest BCUT2D eigenvalue weighted by Gasteiger charge is -2.14. The van der Waals surface area contributed by atoms with Crippen LogP contribution in [0.1, 0.15) is 27.9 Å². The van der Waals surface area contributed by atoms with Gasteiger partial charge < -0.3 is 9.42 Å². The molecule has 1 atom stereocenters. The van der Waals surface area contributed by atoms with Crippen molar-refractivity contribution in [2.24, 2.45) is 0 Å². The van der Waals surface area contributed by atoms with Crippen molar-refractivity contribution in [1.29, 1.82) is 0 Å². The summed E-state index contributed by atoms with van der Waals surface area (Å²) < 4.78 is 5.40. The minimum absolute atomic E-state index is 0.0800. The maximum absolute atomic E-state index is 12.4. The lowest BCUT2D eigenvalue weighted by Crippen LogP contribution is -2.27. The number of carbonyl (C=O) groups excluding carboxylic acids is 1. The van der Waals surface area contributed by atoms with Gasteiger partial charge in [0.1, 0.15) is 0 Å². The van der Waals surface area contributed by atoms with E-state index in [0.29, 0.717) is 24.8 Å². The average Bonchev–Trinajstić information content (AvgIpc) is 3.35. The molecule has 1 amide bonds. The predicted molar refractivity (Wildman–Crippen MR) is 85.1 cm³/mol. The molecule has 1 saturated heterocycles. The molecule has 0 aliphatic carbocycles. The zero-order valence-corrected chi connectivity index (χ0v) is 13.1. The summed E-state index contributed by atoms with van der Waals surface area (Å²) in [6.45, 7) is 1.34. The fourth-order valence-corrected chi connectivity index (χ4v) is 3.41. The van der Waals surface area contributed by atoms with Crippen LogP contribution in [0.5, 0.6) is 0 Å². The van der Waals surface area contributed by atoms with Crippen LogP contribution in [0.4, 0.5) is 0 Å². The lowest BCUT2D eigenvalue weighted by atomic mass is 10.1. The summed E-state index contributed by atoms with van der Waals surface area (Å²) in [5.41, 5.74) is 0.875. The number of aromatic nitrogens is 3. The summed E-state index contributed by atoms with van der Waals surface area (Å²) >= 11 is 1.47. The number of hydrogen-bond donors (Lipinski definition) is 0. The van der Waals surface area contributed by atoms with Crippen LogP contribution in [-0.2, 0) is 0 Å². The summed E-state index contributed by atoms with van der Waals surface area (Å²) in [5.74, 6) is 1.34. The third-order valence-corrected chi connectivity index (χ3v) is 4.79. The second-order valence-corrected chi connectivity index (χ2v) is 6.35. The Bertz CT molecular complexity index is 801. The number of hydrogen-bond acceptors (Lipinski definition) is 6. The molecule has 0 spiro atoms. The van der Waals surface area contributed by atoms with Crippen LogP contribution in [0.2, 0.25) is 0 Å². The maximum atomic E-state index is 12.4. The van der Waals surface area contributed by atoms with Gasteiger partial charge in [0.2, 0.25) is 11.7 Å². The van der Waals surface area contributed by atoms with E-state index in [0.717, 1.165) is 16.9 Å². The molecule has 0 saturated carbocycles. The zero-order chi connectivity index (χ0) is 15.6. The highest BCUT2D eigenvalue weighted by Gasteiger charge is 2.31. The van der Waals surface area contributed by atoms with Crippen LogP contribution in [0, 0.1) is 0 Å². The number of thiophene rings is 1. The monoisotopic (exact) mass is 326 g/mol. The fourth-order valence-electron chi connectivity index (χ4n) is 2.72. The second-order valence-electron chi connectivity index (χ2n) is 5.41. The van der Waals surface area contributed by atoms with Crippen LogP contribution in [0.25, 0.3) is 11.4 Å². The summed E-state index contributed by atoms with van der Waals surface area (Å²) in [5, 5.41) is 5.95. The molecule has 1 fully saturated rings. The molecule has 3 aromatic rings. The molecule has 23 heavy (non-hydrogen) atoms. The first-order chi connectivity index (χ1) is 11.3. The van der Waals surface area contributed by atoms with Crippen LogP contribution < -0.4 is 0 Å². The van der Waals surface area contributed by atoms with E-state index in [1.807, 2.05) is 34.5 Å². The first-order valence-corrected chi connectivity index (χ1v) is 8.26. The standard InChI is InChI=1S/C16H14N4O2S/c21-16(13-2-1-9-23-13)20-8-5-12(10-20)15-18-14(19-22-15)11-3-6-17-7-4-11/h1-4,6-7,9,12H,5,8,10H2/t12-/m1/s1. The lowest BCUT2D eigenvalue weighted by molar-refractivity contribution is 0.0794. The van der Waals surface area contributed by atoms with Gasteiger partial charge in [0.05, 0.1) is 10.8 Å². The predicted octanol–water partition coefficient (Wildman–Crippen LogP) is 2.82. The van der Waals surface area contributed by atoms with Gasteiger partial charge in [-0.2, -0.15) is 4.98 Å². The van der Waals surface area contributed by atoms with Gasteiger partial charge >= 0.3 is 0 Å². The van der Waals surface area contributed by atoms with Crippen molar-refractivity contribution in [3.05, 3.63) is 52.8 Å². The molecule has 1 aliphatic heterocycles. The number of rotatable bonds is 3. The van der Waals surface area contributed by atoms with E-state index >= 15 is 0 Å². The Kier molecular flexibility index (Phi) is 3.63. The molecule has 0 unspecified atom stereocenters. The van der Waals surface area contributed by atoms with Gasteiger partial charge in [-0.05, 0) is 30.0 Å². The van der Waals surface area contributed by atoms with Gasteiger partial charge in [0.25, 0.3) is 5.91 Å². The van der Waals surface area contributed by atoms with E-state index in [1.165, 1.54) is 11.3 Å². The Hall–Kier alpha value is -2.54. The average molecular weight is 326 g/mol. The van der Waals surface area contributed by atoms with Crippen LogP contribution in [0.3, 0.4) is 0 Å². The number of carbonyl (C=O) groups is 1. The molecule has 1 aliphatic rings. The molecular weight excluding hydrogens is 312 g/mol. The van der Waals surface area contributed by atoms with Crippen molar-refractivity contribution in [2.75, 3.05) is 13.1 Å². The molecule has 0 radical (unpaired) electrons. The number of nitrogens with zero attached hydrogens (tertiary/aromatic N) is 4. The Morgan fingerprint density at radius 2 is 2.17 bits per heavy atom. The topological polar surface area (TPSA) is 72.1 Å². The van der Waals surface area contributed by atoms with Crippen molar-refractivity contribution < 1.29 is 9.32 Å². The molecule has 6 nitrogen and oxygen atoms in total. The zero-order valence-electron chi connectivity index (χ0n) is 12.3. The third-order valence-electron chi connectivity index (χ3n) is 3.94. The number of pyridine rings is 1. The number of likely N-dealkylation sites (tertiary alicyclic amines) is 1. The van der Waals surface area contributed by atoms with Gasteiger partial charge in [-0.3, -0.25) is 9.78 Å². The van der Waals surface area contributed by atoms with Crippen LogP contribution in [0.15, 0.2) is 46.6 Å². The summed E-state index contributed by atoms with van der Waals surface area (Å²) in [6, 6.07) is 7.44.